The van der Waals surface area contributed by atoms with Crippen LogP contribution in [0.2, 0.25) is 0 Å². The van der Waals surface area contributed by atoms with E-state index in [0.717, 1.165) is 11.1 Å². The number of Topliss-reactive ketones (excluding diaryl/α,β-unsaturated/α-hetero) is 1. The van der Waals surface area contributed by atoms with Gasteiger partial charge >= 0.3 is 0 Å². The summed E-state index contributed by atoms with van der Waals surface area (Å²) in [5.74, 6) is 0.268. The molecule has 0 bridgehead atoms. The molecule has 0 N–H and O–H groups in total. The lowest BCUT2D eigenvalue weighted by molar-refractivity contribution is -0.0566. The second kappa shape index (κ2) is 4.55. The molecule has 94 valence electrons. The van der Waals surface area contributed by atoms with Crippen molar-refractivity contribution in [2.45, 2.75) is 26.7 Å². The molecular weight excluding hydrogens is 226 g/mol. The maximum Gasteiger partial charge on any atom is 0.188 e. The van der Waals surface area contributed by atoms with Crippen LogP contribution in [0, 0.1) is 23.7 Å². The Morgan fingerprint density at radius 2 is 2.11 bits per heavy atom. The molecule has 3 heteroatoms. The van der Waals surface area contributed by atoms with Crippen LogP contribution in [-0.4, -0.2) is 19.0 Å². The van der Waals surface area contributed by atoms with Crippen molar-refractivity contribution in [3.8, 4) is 6.07 Å². The minimum absolute atomic E-state index is 0.101. The molecule has 0 saturated carbocycles. The summed E-state index contributed by atoms with van der Waals surface area (Å²) in [7, 11) is 0. The van der Waals surface area contributed by atoms with Crippen molar-refractivity contribution in [1.82, 2.24) is 0 Å². The Kier molecular flexibility index (Phi) is 3.23. The topological polar surface area (TPSA) is 50.1 Å². The molecule has 1 aromatic rings. The molecule has 0 radical (unpaired) electrons. The van der Waals surface area contributed by atoms with Gasteiger partial charge in [-0.05, 0) is 30.0 Å². The van der Waals surface area contributed by atoms with Gasteiger partial charge in [0.1, 0.15) is 0 Å². The standard InChI is InChI=1S/C15H17NO2/c1-10(2)12-5-4-11(3)13(6-12)14(17)15(7-16)8-18-9-15/h4-6,10H,8-9H2,1-3H3. The third-order valence-electron chi connectivity index (χ3n) is 3.52. The molecular formula is C15H17NO2. The van der Waals surface area contributed by atoms with Crippen molar-refractivity contribution in [1.29, 1.82) is 5.26 Å². The first kappa shape index (κ1) is 12.8. The molecule has 0 aliphatic carbocycles. The Hall–Kier alpha value is -1.66. The molecule has 0 spiro atoms. The van der Waals surface area contributed by atoms with Crippen molar-refractivity contribution >= 4 is 5.78 Å². The van der Waals surface area contributed by atoms with Gasteiger partial charge in [-0.1, -0.05) is 26.0 Å². The molecule has 0 unspecified atom stereocenters. The third-order valence-corrected chi connectivity index (χ3v) is 3.52. The second-order valence-electron chi connectivity index (χ2n) is 5.24. The van der Waals surface area contributed by atoms with E-state index in [2.05, 4.69) is 19.9 Å². The van der Waals surface area contributed by atoms with Crippen molar-refractivity contribution in [3.05, 3.63) is 34.9 Å². The Morgan fingerprint density at radius 3 is 2.56 bits per heavy atom. The number of aryl methyl sites for hydroxylation is 1. The summed E-state index contributed by atoms with van der Waals surface area (Å²) in [5.41, 5.74) is 1.75. The minimum Gasteiger partial charge on any atom is -0.377 e. The number of carbonyl (C=O) groups is 1. The molecule has 1 aromatic carbocycles. The molecule has 18 heavy (non-hydrogen) atoms. The first-order valence-electron chi connectivity index (χ1n) is 6.14. The predicted molar refractivity (Wildman–Crippen MR) is 68.5 cm³/mol. The lowest BCUT2D eigenvalue weighted by Gasteiger charge is -2.33. The molecule has 0 atom stereocenters. The average molecular weight is 243 g/mol. The molecule has 1 heterocycles. The highest BCUT2D eigenvalue weighted by atomic mass is 16.5. The summed E-state index contributed by atoms with van der Waals surface area (Å²) in [5, 5.41) is 9.19. The maximum atomic E-state index is 12.5. The van der Waals surface area contributed by atoms with E-state index in [1.54, 1.807) is 0 Å². The van der Waals surface area contributed by atoms with Gasteiger partial charge in [0.15, 0.2) is 11.2 Å². The van der Waals surface area contributed by atoms with Gasteiger partial charge in [0.05, 0.1) is 19.3 Å². The third kappa shape index (κ3) is 1.93. The summed E-state index contributed by atoms with van der Waals surface area (Å²) in [6, 6.07) is 8.02. The lowest BCUT2D eigenvalue weighted by atomic mass is 9.78. The van der Waals surface area contributed by atoms with E-state index < -0.39 is 5.41 Å². The van der Waals surface area contributed by atoms with Crippen molar-refractivity contribution in [3.63, 3.8) is 0 Å². The Morgan fingerprint density at radius 1 is 1.44 bits per heavy atom. The zero-order valence-corrected chi connectivity index (χ0v) is 11.0. The summed E-state index contributed by atoms with van der Waals surface area (Å²) >= 11 is 0. The number of nitrogens with zero attached hydrogens (tertiary/aromatic N) is 1. The highest BCUT2D eigenvalue weighted by molar-refractivity contribution is 6.04. The minimum atomic E-state index is -0.958. The maximum absolute atomic E-state index is 12.5. The number of carbonyl (C=O) groups excluding carboxylic acids is 1. The van der Waals surface area contributed by atoms with E-state index in [4.69, 9.17) is 4.74 Å². The van der Waals surface area contributed by atoms with E-state index in [0.29, 0.717) is 11.5 Å². The number of nitriles is 1. The lowest BCUT2D eigenvalue weighted by Crippen LogP contribution is -2.48. The first-order valence-corrected chi connectivity index (χ1v) is 6.14. The number of hydrogen-bond acceptors (Lipinski definition) is 3. The monoisotopic (exact) mass is 243 g/mol. The van der Waals surface area contributed by atoms with Crippen LogP contribution in [0.5, 0.6) is 0 Å². The van der Waals surface area contributed by atoms with E-state index >= 15 is 0 Å². The Bertz CT molecular complexity index is 522. The Labute approximate surface area is 107 Å². The van der Waals surface area contributed by atoms with E-state index in [1.165, 1.54) is 0 Å². The summed E-state index contributed by atoms with van der Waals surface area (Å²) < 4.78 is 5.05. The zero-order chi connectivity index (χ0) is 13.3. The number of benzene rings is 1. The van der Waals surface area contributed by atoms with Gasteiger partial charge in [-0.25, -0.2) is 0 Å². The number of rotatable bonds is 3. The molecule has 3 nitrogen and oxygen atoms in total. The summed E-state index contributed by atoms with van der Waals surface area (Å²) in [6.07, 6.45) is 0. The van der Waals surface area contributed by atoms with Crippen LogP contribution in [0.3, 0.4) is 0 Å². The van der Waals surface area contributed by atoms with E-state index in [-0.39, 0.29) is 19.0 Å². The zero-order valence-electron chi connectivity index (χ0n) is 11.0. The molecule has 2 rings (SSSR count). The molecule has 1 aliphatic heterocycles. The van der Waals surface area contributed by atoms with Gasteiger partial charge in [-0.15, -0.1) is 0 Å². The summed E-state index contributed by atoms with van der Waals surface area (Å²) in [6.45, 7) is 6.51. The van der Waals surface area contributed by atoms with Crippen LogP contribution in [0.15, 0.2) is 18.2 Å². The van der Waals surface area contributed by atoms with E-state index in [9.17, 15) is 10.1 Å². The number of hydrogen-bond donors (Lipinski definition) is 0. The second-order valence-corrected chi connectivity index (χ2v) is 5.24. The quantitative estimate of drug-likeness (QED) is 0.767. The number of ether oxygens (including phenoxy) is 1. The van der Waals surface area contributed by atoms with Gasteiger partial charge in [0, 0.05) is 5.56 Å². The smallest absolute Gasteiger partial charge is 0.188 e. The highest BCUT2D eigenvalue weighted by Crippen LogP contribution is 2.32. The molecule has 1 fully saturated rings. The number of ketones is 1. The van der Waals surface area contributed by atoms with Crippen molar-refractivity contribution in [2.75, 3.05) is 13.2 Å². The first-order chi connectivity index (χ1) is 8.50. The molecule has 0 amide bonds. The van der Waals surface area contributed by atoms with Crippen LogP contribution in [-0.2, 0) is 4.74 Å². The van der Waals surface area contributed by atoms with Gasteiger partial charge in [-0.2, -0.15) is 5.26 Å². The van der Waals surface area contributed by atoms with Crippen LogP contribution in [0.4, 0.5) is 0 Å². The van der Waals surface area contributed by atoms with Gasteiger partial charge in [0.2, 0.25) is 0 Å². The fourth-order valence-corrected chi connectivity index (χ4v) is 2.05. The van der Waals surface area contributed by atoms with E-state index in [1.807, 2.05) is 25.1 Å². The SMILES string of the molecule is Cc1ccc(C(C)C)cc1C(=O)C1(C#N)COC1. The normalized spacial score (nSPS) is 17.1. The van der Waals surface area contributed by atoms with Crippen LogP contribution in [0.25, 0.3) is 0 Å². The van der Waals surface area contributed by atoms with Crippen molar-refractivity contribution in [2.24, 2.45) is 5.41 Å². The van der Waals surface area contributed by atoms with Crippen LogP contribution < -0.4 is 0 Å². The van der Waals surface area contributed by atoms with Gasteiger partial charge < -0.3 is 4.74 Å². The largest absolute Gasteiger partial charge is 0.377 e. The molecule has 1 saturated heterocycles. The Balaban J connectivity index is 2.42. The van der Waals surface area contributed by atoms with Crippen LogP contribution in [0.1, 0.15) is 41.3 Å². The van der Waals surface area contributed by atoms with Crippen molar-refractivity contribution < 1.29 is 9.53 Å². The fraction of sp³-hybridized carbons (Fsp3) is 0.467. The van der Waals surface area contributed by atoms with Gasteiger partial charge in [0.25, 0.3) is 0 Å². The molecule has 0 aromatic heterocycles. The van der Waals surface area contributed by atoms with Gasteiger partial charge in [-0.3, -0.25) is 4.79 Å². The van der Waals surface area contributed by atoms with Crippen LogP contribution >= 0.6 is 0 Å². The average Bonchev–Trinajstić information content (AvgIpc) is 2.28. The highest BCUT2D eigenvalue weighted by Gasteiger charge is 2.47. The predicted octanol–water partition coefficient (Wildman–Crippen LogP) is 2.84. The summed E-state index contributed by atoms with van der Waals surface area (Å²) in [4.78, 5) is 12.5. The molecule has 1 aliphatic rings. The fourth-order valence-electron chi connectivity index (χ4n) is 2.05.